The number of aromatic amines is 2. The van der Waals surface area contributed by atoms with Crippen molar-refractivity contribution in [3.63, 3.8) is 0 Å². The first kappa shape index (κ1) is 15.7. The molecule has 6 heteroatoms. The number of amides is 1. The molecule has 2 heterocycles. The number of aromatic nitrogens is 2. The Morgan fingerprint density at radius 3 is 2.68 bits per heavy atom. The predicted octanol–water partition coefficient (Wildman–Crippen LogP) is 2.46. The number of hydrogen-bond acceptors (Lipinski definition) is 3. The minimum absolute atomic E-state index is 0.00608. The fourth-order valence-electron chi connectivity index (χ4n) is 3.24. The largest absolute Gasteiger partial charge is 0.370 e. The van der Waals surface area contributed by atoms with Crippen LogP contribution in [-0.2, 0) is 4.74 Å². The normalized spacial score (nSPS) is 20.8. The Labute approximate surface area is 144 Å². The zero-order chi connectivity index (χ0) is 17.4. The number of nitrogens with one attached hydrogen (secondary N) is 2. The fraction of sp³-hybridized carbons (Fsp3) is 0.263. The molecule has 25 heavy (non-hydrogen) atoms. The third-order valence-corrected chi connectivity index (χ3v) is 4.63. The summed E-state index contributed by atoms with van der Waals surface area (Å²) in [6.07, 6.45) is -0.128. The smallest absolute Gasteiger partial charge is 0.323 e. The second-order valence-electron chi connectivity index (χ2n) is 6.38. The van der Waals surface area contributed by atoms with Gasteiger partial charge >= 0.3 is 5.69 Å². The lowest BCUT2D eigenvalue weighted by Gasteiger charge is -2.38. The zero-order valence-corrected chi connectivity index (χ0v) is 13.9. The lowest BCUT2D eigenvalue weighted by molar-refractivity contribution is -0.0486. The van der Waals surface area contributed by atoms with Crippen LogP contribution in [0.4, 0.5) is 0 Å². The van der Waals surface area contributed by atoms with Gasteiger partial charge in [0.15, 0.2) is 0 Å². The van der Waals surface area contributed by atoms with Crippen molar-refractivity contribution in [2.75, 3.05) is 13.2 Å². The highest BCUT2D eigenvalue weighted by Gasteiger charge is 2.31. The van der Waals surface area contributed by atoms with Crippen LogP contribution in [0.5, 0.6) is 0 Å². The number of carbonyl (C=O) groups is 1. The number of carbonyl (C=O) groups excluding carboxylic acids is 1. The van der Waals surface area contributed by atoms with E-state index in [-0.39, 0.29) is 23.7 Å². The minimum atomic E-state index is -0.275. The first-order valence-corrected chi connectivity index (χ1v) is 8.31. The Balaban J connectivity index is 1.61. The molecule has 0 saturated carbocycles. The summed E-state index contributed by atoms with van der Waals surface area (Å²) < 4.78 is 5.92. The summed E-state index contributed by atoms with van der Waals surface area (Å²) in [6.45, 7) is 2.98. The van der Waals surface area contributed by atoms with E-state index in [0.29, 0.717) is 29.7 Å². The van der Waals surface area contributed by atoms with Gasteiger partial charge in [-0.1, -0.05) is 30.3 Å². The molecule has 1 aliphatic heterocycles. The van der Waals surface area contributed by atoms with Crippen LogP contribution in [0.25, 0.3) is 11.0 Å². The lowest BCUT2D eigenvalue weighted by atomic mass is 10.0. The summed E-state index contributed by atoms with van der Waals surface area (Å²) in [5.74, 6) is -0.0549. The van der Waals surface area contributed by atoms with Gasteiger partial charge in [0.2, 0.25) is 0 Å². The molecule has 128 valence electrons. The molecule has 2 atom stereocenters. The van der Waals surface area contributed by atoms with Crippen molar-refractivity contribution in [3.05, 3.63) is 70.1 Å². The monoisotopic (exact) mass is 337 g/mol. The Morgan fingerprint density at radius 2 is 1.88 bits per heavy atom. The first-order valence-electron chi connectivity index (χ1n) is 8.31. The predicted molar refractivity (Wildman–Crippen MR) is 94.6 cm³/mol. The summed E-state index contributed by atoms with van der Waals surface area (Å²) in [5, 5.41) is 0. The summed E-state index contributed by atoms with van der Waals surface area (Å²) in [4.78, 5) is 31.6. The SMILES string of the molecule is C[C@H]1CO[C@H](c2ccccc2)CN1C(=O)c1ccc2[nH]c(=O)[nH]c2c1. The zero-order valence-electron chi connectivity index (χ0n) is 13.9. The number of nitrogens with zero attached hydrogens (tertiary/aromatic N) is 1. The molecular weight excluding hydrogens is 318 g/mol. The molecule has 0 bridgehead atoms. The maximum absolute atomic E-state index is 13.0. The van der Waals surface area contributed by atoms with Crippen LogP contribution >= 0.6 is 0 Å². The fourth-order valence-corrected chi connectivity index (χ4v) is 3.24. The van der Waals surface area contributed by atoms with E-state index in [2.05, 4.69) is 9.97 Å². The molecule has 0 radical (unpaired) electrons. The van der Waals surface area contributed by atoms with Crippen molar-refractivity contribution in [2.45, 2.75) is 19.1 Å². The lowest BCUT2D eigenvalue weighted by Crippen LogP contribution is -2.48. The van der Waals surface area contributed by atoms with Crippen molar-refractivity contribution >= 4 is 16.9 Å². The number of fused-ring (bicyclic) bond motifs is 1. The first-order chi connectivity index (χ1) is 12.1. The Bertz CT molecular complexity index is 961. The molecule has 1 fully saturated rings. The Kier molecular flexibility index (Phi) is 3.89. The van der Waals surface area contributed by atoms with Crippen molar-refractivity contribution in [1.29, 1.82) is 0 Å². The van der Waals surface area contributed by atoms with E-state index in [0.717, 1.165) is 5.56 Å². The van der Waals surface area contributed by atoms with Gasteiger partial charge in [-0.15, -0.1) is 0 Å². The van der Waals surface area contributed by atoms with Crippen LogP contribution in [0.1, 0.15) is 28.9 Å². The number of hydrogen-bond donors (Lipinski definition) is 2. The van der Waals surface area contributed by atoms with E-state index in [1.807, 2.05) is 42.2 Å². The molecule has 1 aromatic heterocycles. The van der Waals surface area contributed by atoms with Crippen molar-refractivity contribution in [1.82, 2.24) is 14.9 Å². The number of rotatable bonds is 2. The van der Waals surface area contributed by atoms with Crippen LogP contribution in [-0.4, -0.2) is 40.0 Å². The van der Waals surface area contributed by atoms with Gasteiger partial charge in [-0.25, -0.2) is 4.79 Å². The highest BCUT2D eigenvalue weighted by Crippen LogP contribution is 2.26. The minimum Gasteiger partial charge on any atom is -0.370 e. The molecule has 1 aliphatic rings. The van der Waals surface area contributed by atoms with E-state index >= 15 is 0 Å². The highest BCUT2D eigenvalue weighted by molar-refractivity contribution is 5.97. The standard InChI is InChI=1S/C19H19N3O3/c1-12-11-25-17(13-5-3-2-4-6-13)10-22(12)18(23)14-7-8-15-16(9-14)21-19(24)20-15/h2-9,12,17H,10-11H2,1H3,(H2,20,21,24)/t12-,17-/m0/s1. The molecule has 0 unspecified atom stereocenters. The van der Waals surface area contributed by atoms with Gasteiger partial charge in [0.25, 0.3) is 5.91 Å². The maximum Gasteiger partial charge on any atom is 0.323 e. The van der Waals surface area contributed by atoms with Gasteiger partial charge in [-0.05, 0) is 30.7 Å². The molecule has 3 aromatic rings. The van der Waals surface area contributed by atoms with E-state index in [9.17, 15) is 9.59 Å². The van der Waals surface area contributed by atoms with E-state index in [1.165, 1.54) is 0 Å². The van der Waals surface area contributed by atoms with Crippen molar-refractivity contribution in [3.8, 4) is 0 Å². The number of imidazole rings is 1. The summed E-state index contributed by atoms with van der Waals surface area (Å²) in [7, 11) is 0. The third kappa shape index (κ3) is 2.96. The van der Waals surface area contributed by atoms with Gasteiger partial charge in [-0.2, -0.15) is 0 Å². The average Bonchev–Trinajstić information content (AvgIpc) is 3.01. The molecular formula is C19H19N3O3. The molecule has 6 nitrogen and oxygen atoms in total. The van der Waals surface area contributed by atoms with Gasteiger partial charge in [0.1, 0.15) is 6.10 Å². The number of ether oxygens (including phenoxy) is 1. The Hall–Kier alpha value is -2.86. The molecule has 2 aromatic carbocycles. The van der Waals surface area contributed by atoms with Gasteiger partial charge < -0.3 is 19.6 Å². The molecule has 2 N–H and O–H groups in total. The topological polar surface area (TPSA) is 78.2 Å². The second kappa shape index (κ2) is 6.22. The molecule has 0 spiro atoms. The number of benzene rings is 2. The Morgan fingerprint density at radius 1 is 1.12 bits per heavy atom. The van der Waals surface area contributed by atoms with Crippen LogP contribution < -0.4 is 5.69 Å². The summed E-state index contributed by atoms with van der Waals surface area (Å²) in [6, 6.07) is 15.1. The molecule has 0 aliphatic carbocycles. The molecule has 1 saturated heterocycles. The third-order valence-electron chi connectivity index (χ3n) is 4.63. The maximum atomic E-state index is 13.0. The van der Waals surface area contributed by atoms with Gasteiger partial charge in [0.05, 0.1) is 30.2 Å². The van der Waals surface area contributed by atoms with Gasteiger partial charge in [0, 0.05) is 5.56 Å². The molecule has 1 amide bonds. The summed E-state index contributed by atoms with van der Waals surface area (Å²) in [5.41, 5.74) is 2.68. The second-order valence-corrected chi connectivity index (χ2v) is 6.38. The van der Waals surface area contributed by atoms with Crippen molar-refractivity contribution in [2.24, 2.45) is 0 Å². The van der Waals surface area contributed by atoms with Crippen LogP contribution in [0.3, 0.4) is 0 Å². The van der Waals surface area contributed by atoms with Crippen molar-refractivity contribution < 1.29 is 9.53 Å². The number of morpholine rings is 1. The molecule has 4 rings (SSSR count). The number of H-pyrrole nitrogens is 2. The van der Waals surface area contributed by atoms with Crippen LogP contribution in [0, 0.1) is 0 Å². The summed E-state index contributed by atoms with van der Waals surface area (Å²) >= 11 is 0. The van der Waals surface area contributed by atoms with Crippen LogP contribution in [0.15, 0.2) is 53.3 Å². The highest BCUT2D eigenvalue weighted by atomic mass is 16.5. The van der Waals surface area contributed by atoms with Gasteiger partial charge in [-0.3, -0.25) is 4.79 Å². The van der Waals surface area contributed by atoms with E-state index < -0.39 is 0 Å². The van der Waals surface area contributed by atoms with E-state index in [1.54, 1.807) is 18.2 Å². The van der Waals surface area contributed by atoms with E-state index in [4.69, 9.17) is 4.74 Å². The average molecular weight is 337 g/mol. The van der Waals surface area contributed by atoms with Crippen LogP contribution in [0.2, 0.25) is 0 Å². The quantitative estimate of drug-likeness (QED) is 0.754.